The molecule has 1 aromatic rings. The Bertz CT molecular complexity index is 406. The number of carbonyl (C=O) groups is 1. The smallest absolute Gasteiger partial charge is 0.260 e. The number of carbonyl (C=O) groups excluding carboxylic acids is 1. The van der Waals surface area contributed by atoms with Gasteiger partial charge in [0.25, 0.3) is 5.91 Å². The van der Waals surface area contributed by atoms with Crippen LogP contribution < -0.4 is 15.8 Å². The largest absolute Gasteiger partial charge is 0.481 e. The first-order valence-corrected chi connectivity index (χ1v) is 6.87. The van der Waals surface area contributed by atoms with Crippen molar-refractivity contribution < 1.29 is 14.3 Å². The minimum absolute atomic E-state index is 0.0406. The van der Waals surface area contributed by atoms with Gasteiger partial charge in [-0.2, -0.15) is 0 Å². The molecule has 0 fully saturated rings. The van der Waals surface area contributed by atoms with Crippen molar-refractivity contribution >= 4 is 5.91 Å². The molecule has 0 aliphatic carbocycles. The summed E-state index contributed by atoms with van der Waals surface area (Å²) in [5, 5.41) is 2.73. The minimum Gasteiger partial charge on any atom is -0.481 e. The van der Waals surface area contributed by atoms with E-state index in [-0.39, 0.29) is 11.9 Å². The molecule has 20 heavy (non-hydrogen) atoms. The Morgan fingerprint density at radius 3 is 2.55 bits per heavy atom. The van der Waals surface area contributed by atoms with Crippen LogP contribution in [0.4, 0.5) is 0 Å². The summed E-state index contributed by atoms with van der Waals surface area (Å²) < 4.78 is 10.5. The summed E-state index contributed by atoms with van der Waals surface area (Å²) in [6, 6.07) is 7.57. The molecule has 0 bridgehead atoms. The van der Waals surface area contributed by atoms with Gasteiger partial charge in [0.15, 0.2) is 6.10 Å². The summed E-state index contributed by atoms with van der Waals surface area (Å²) in [6.07, 6.45) is 0.343. The third-order valence-corrected chi connectivity index (χ3v) is 3.04. The van der Waals surface area contributed by atoms with Gasteiger partial charge in [0.05, 0.1) is 6.61 Å². The number of rotatable bonds is 8. The fraction of sp³-hybridized carbons (Fsp3) is 0.533. The number of amides is 1. The molecule has 1 aromatic carbocycles. The van der Waals surface area contributed by atoms with Crippen molar-refractivity contribution in [3.63, 3.8) is 0 Å². The lowest BCUT2D eigenvalue weighted by molar-refractivity contribution is -0.127. The van der Waals surface area contributed by atoms with Crippen molar-refractivity contribution in [2.75, 3.05) is 20.3 Å². The summed E-state index contributed by atoms with van der Waals surface area (Å²) in [6.45, 7) is 4.73. The molecule has 0 saturated carbocycles. The zero-order valence-electron chi connectivity index (χ0n) is 12.4. The van der Waals surface area contributed by atoms with Crippen LogP contribution in [0.25, 0.3) is 0 Å². The first-order valence-electron chi connectivity index (χ1n) is 6.87. The Morgan fingerprint density at radius 1 is 1.35 bits per heavy atom. The van der Waals surface area contributed by atoms with Crippen molar-refractivity contribution in [1.82, 2.24) is 5.32 Å². The van der Waals surface area contributed by atoms with Crippen LogP contribution in [0.1, 0.15) is 31.9 Å². The van der Waals surface area contributed by atoms with Gasteiger partial charge in [-0.15, -0.1) is 0 Å². The van der Waals surface area contributed by atoms with E-state index < -0.39 is 6.10 Å². The fourth-order valence-electron chi connectivity index (χ4n) is 1.71. The predicted octanol–water partition coefficient (Wildman–Crippen LogP) is 1.63. The number of ether oxygens (including phenoxy) is 2. The zero-order chi connectivity index (χ0) is 15.0. The second-order valence-corrected chi connectivity index (χ2v) is 4.63. The lowest BCUT2D eigenvalue weighted by Gasteiger charge is -2.15. The highest BCUT2D eigenvalue weighted by atomic mass is 16.5. The summed E-state index contributed by atoms with van der Waals surface area (Å²) >= 11 is 0. The summed E-state index contributed by atoms with van der Waals surface area (Å²) in [5.74, 6) is 0.503. The van der Waals surface area contributed by atoms with Crippen molar-refractivity contribution in [1.29, 1.82) is 0 Å². The molecule has 0 heterocycles. The second-order valence-electron chi connectivity index (χ2n) is 4.63. The first-order chi connectivity index (χ1) is 9.58. The van der Waals surface area contributed by atoms with Gasteiger partial charge < -0.3 is 20.5 Å². The number of nitrogens with one attached hydrogen (secondary N) is 1. The van der Waals surface area contributed by atoms with E-state index in [4.69, 9.17) is 15.2 Å². The van der Waals surface area contributed by atoms with Crippen molar-refractivity contribution in [2.24, 2.45) is 5.73 Å². The van der Waals surface area contributed by atoms with Gasteiger partial charge in [-0.3, -0.25) is 4.79 Å². The average Bonchev–Trinajstić information content (AvgIpc) is 2.47. The molecule has 0 aliphatic rings. The summed E-state index contributed by atoms with van der Waals surface area (Å²) in [5.41, 5.74) is 7.01. The van der Waals surface area contributed by atoms with Gasteiger partial charge in [-0.25, -0.2) is 0 Å². The molecule has 2 atom stereocenters. The van der Waals surface area contributed by atoms with Crippen LogP contribution in [0.3, 0.4) is 0 Å². The molecule has 112 valence electrons. The lowest BCUT2D eigenvalue weighted by Crippen LogP contribution is -2.37. The normalized spacial score (nSPS) is 13.6. The molecule has 1 amide bonds. The van der Waals surface area contributed by atoms with Crippen molar-refractivity contribution in [3.05, 3.63) is 29.8 Å². The Labute approximate surface area is 120 Å². The first kappa shape index (κ1) is 16.5. The zero-order valence-corrected chi connectivity index (χ0v) is 12.4. The van der Waals surface area contributed by atoms with E-state index in [1.807, 2.05) is 31.2 Å². The van der Waals surface area contributed by atoms with Gasteiger partial charge >= 0.3 is 0 Å². The van der Waals surface area contributed by atoms with Crippen LogP contribution in [0.5, 0.6) is 5.75 Å². The molecule has 0 saturated heterocycles. The van der Waals surface area contributed by atoms with Gasteiger partial charge in [0, 0.05) is 19.7 Å². The lowest BCUT2D eigenvalue weighted by atomic mass is 10.1. The van der Waals surface area contributed by atoms with Crippen LogP contribution in [0.2, 0.25) is 0 Å². The number of hydrogen-bond donors (Lipinski definition) is 2. The van der Waals surface area contributed by atoms with Crippen LogP contribution in [0, 0.1) is 0 Å². The monoisotopic (exact) mass is 280 g/mol. The highest BCUT2D eigenvalue weighted by molar-refractivity contribution is 5.80. The van der Waals surface area contributed by atoms with Crippen LogP contribution >= 0.6 is 0 Å². The maximum atomic E-state index is 11.7. The third-order valence-electron chi connectivity index (χ3n) is 3.04. The van der Waals surface area contributed by atoms with Gasteiger partial charge in [0.2, 0.25) is 0 Å². The number of hydrogen-bond acceptors (Lipinski definition) is 4. The molecule has 0 aromatic heterocycles. The van der Waals surface area contributed by atoms with E-state index >= 15 is 0 Å². The third kappa shape index (κ3) is 5.19. The quantitative estimate of drug-likeness (QED) is 0.710. The maximum Gasteiger partial charge on any atom is 0.260 e. The topological polar surface area (TPSA) is 73.6 Å². The van der Waals surface area contributed by atoms with Crippen LogP contribution in [-0.2, 0) is 9.53 Å². The molecule has 5 heteroatoms. The predicted molar refractivity (Wildman–Crippen MR) is 78.6 cm³/mol. The van der Waals surface area contributed by atoms with E-state index in [0.29, 0.717) is 18.9 Å². The molecule has 0 aliphatic heterocycles. The van der Waals surface area contributed by atoms with E-state index in [1.165, 1.54) is 0 Å². The Balaban J connectivity index is 2.49. The van der Waals surface area contributed by atoms with Gasteiger partial charge in [-0.1, -0.05) is 19.1 Å². The highest BCUT2D eigenvalue weighted by Gasteiger charge is 2.14. The minimum atomic E-state index is -0.544. The van der Waals surface area contributed by atoms with Gasteiger partial charge in [-0.05, 0) is 31.0 Å². The van der Waals surface area contributed by atoms with E-state index in [0.717, 1.165) is 12.0 Å². The Morgan fingerprint density at radius 2 is 2.00 bits per heavy atom. The van der Waals surface area contributed by atoms with Crippen LogP contribution in [0.15, 0.2) is 24.3 Å². The maximum absolute atomic E-state index is 11.7. The van der Waals surface area contributed by atoms with E-state index in [9.17, 15) is 4.79 Å². The van der Waals surface area contributed by atoms with E-state index in [2.05, 4.69) is 5.32 Å². The molecular formula is C15H24N2O3. The fourth-order valence-corrected chi connectivity index (χ4v) is 1.71. The highest BCUT2D eigenvalue weighted by Crippen LogP contribution is 2.19. The number of nitrogens with two attached hydrogens (primary N) is 1. The molecule has 1 unspecified atom stereocenters. The molecular weight excluding hydrogens is 256 g/mol. The molecule has 0 radical (unpaired) electrons. The second kappa shape index (κ2) is 8.55. The Hall–Kier alpha value is -1.59. The van der Waals surface area contributed by atoms with Crippen molar-refractivity contribution in [2.45, 2.75) is 32.4 Å². The molecule has 0 spiro atoms. The number of benzene rings is 1. The summed E-state index contributed by atoms with van der Waals surface area (Å²) in [4.78, 5) is 11.7. The Kier molecular flexibility index (Phi) is 7.04. The van der Waals surface area contributed by atoms with Crippen LogP contribution in [-0.4, -0.2) is 32.3 Å². The summed E-state index contributed by atoms with van der Waals surface area (Å²) in [7, 11) is 1.59. The van der Waals surface area contributed by atoms with Gasteiger partial charge in [0.1, 0.15) is 5.75 Å². The number of methoxy groups -OCH3 is 1. The standard InChI is InChI=1S/C15H24N2O3/c1-4-14(16)12-5-7-13(8-6-12)20-11(2)15(18)17-9-10-19-3/h5-8,11,14H,4,9-10,16H2,1-3H3,(H,17,18)/t11?,14-/m1/s1. The SMILES string of the molecule is CC[C@@H](N)c1ccc(OC(C)C(=O)NCCOC)cc1. The molecule has 3 N–H and O–H groups in total. The molecule has 1 rings (SSSR count). The molecule has 5 nitrogen and oxygen atoms in total. The van der Waals surface area contributed by atoms with Crippen molar-refractivity contribution in [3.8, 4) is 5.75 Å². The van der Waals surface area contributed by atoms with E-state index in [1.54, 1.807) is 14.0 Å². The average molecular weight is 280 g/mol.